The van der Waals surface area contributed by atoms with Crippen LogP contribution in [0.1, 0.15) is 13.8 Å². The number of hydrogen-bond donors (Lipinski definition) is 1. The maximum Gasteiger partial charge on any atom is 0.154 e. The van der Waals surface area contributed by atoms with Crippen LogP contribution in [0, 0.1) is 0 Å². The van der Waals surface area contributed by atoms with Gasteiger partial charge >= 0.3 is 0 Å². The molecule has 0 rings (SSSR count). The van der Waals surface area contributed by atoms with E-state index in [1.54, 1.807) is 6.92 Å². The molecule has 0 fully saturated rings. The van der Waals surface area contributed by atoms with Crippen molar-refractivity contribution in [3.63, 3.8) is 0 Å². The summed E-state index contributed by atoms with van der Waals surface area (Å²) in [6.07, 6.45) is 1.32. The average molecular weight is 156 g/mol. The maximum absolute atomic E-state index is 10.4. The van der Waals surface area contributed by atoms with Crippen LogP contribution in [0.5, 0.6) is 0 Å². The highest BCUT2D eigenvalue weighted by Gasteiger charge is 1.90. The van der Waals surface area contributed by atoms with Gasteiger partial charge in [-0.2, -0.15) is 0 Å². The molecule has 62 valence electrons. The van der Waals surface area contributed by atoms with E-state index in [4.69, 9.17) is 0 Å². The third-order valence-corrected chi connectivity index (χ3v) is 0.931. The van der Waals surface area contributed by atoms with Gasteiger partial charge in [-0.1, -0.05) is 0 Å². The Morgan fingerprint density at radius 1 is 1.45 bits per heavy atom. The van der Waals surface area contributed by atoms with E-state index in [1.807, 2.05) is 0 Å². The molecule has 0 unspecified atom stereocenters. The molecule has 0 amide bonds. The predicted molar refractivity (Wildman–Crippen MR) is 37.4 cm³/mol. The number of ketones is 1. The van der Waals surface area contributed by atoms with Gasteiger partial charge in [0.1, 0.15) is 0 Å². The minimum absolute atomic E-state index is 0.117. The third-order valence-electron chi connectivity index (χ3n) is 0.931. The van der Waals surface area contributed by atoms with Gasteiger partial charge in [-0.05, 0) is 19.9 Å². The Morgan fingerprint density at radius 3 is 2.36 bits per heavy atom. The minimum Gasteiger partial charge on any atom is -0.548 e. The number of nitrogens with one attached hydrogen (secondary N) is 1. The van der Waals surface area contributed by atoms with Gasteiger partial charge in [-0.15, -0.1) is 0 Å². The van der Waals surface area contributed by atoms with Crippen LogP contribution >= 0.6 is 0 Å². The highest BCUT2D eigenvalue weighted by molar-refractivity contribution is 5.87. The number of carboxylic acid groups (broad SMARTS) is 1. The largest absolute Gasteiger partial charge is 0.548 e. The lowest BCUT2D eigenvalue weighted by Crippen LogP contribution is -2.33. The molecule has 0 atom stereocenters. The molecule has 11 heavy (non-hydrogen) atoms. The first-order chi connectivity index (χ1) is 5.02. The lowest BCUT2D eigenvalue weighted by Gasteiger charge is -2.05. The lowest BCUT2D eigenvalue weighted by molar-refractivity contribution is -0.303. The van der Waals surface area contributed by atoms with Crippen molar-refractivity contribution in [2.75, 3.05) is 6.54 Å². The summed E-state index contributed by atoms with van der Waals surface area (Å²) in [5.74, 6) is -1.31. The van der Waals surface area contributed by atoms with Crippen molar-refractivity contribution in [3.05, 3.63) is 11.8 Å². The quantitative estimate of drug-likeness (QED) is 0.520. The second kappa shape index (κ2) is 4.49. The highest BCUT2D eigenvalue weighted by atomic mass is 16.4. The third kappa shape index (κ3) is 6.57. The van der Waals surface area contributed by atoms with Crippen LogP contribution in [0.15, 0.2) is 11.8 Å². The normalized spacial score (nSPS) is 10.9. The number of allylic oxidation sites excluding steroid dienone is 2. The second-order valence-electron chi connectivity index (χ2n) is 2.16. The molecule has 0 aliphatic carbocycles. The lowest BCUT2D eigenvalue weighted by atomic mass is 10.3. The van der Waals surface area contributed by atoms with Crippen molar-refractivity contribution in [1.29, 1.82) is 0 Å². The summed E-state index contributed by atoms with van der Waals surface area (Å²) in [6.45, 7) is 2.74. The number of hydrogen-bond acceptors (Lipinski definition) is 4. The molecule has 0 heterocycles. The van der Waals surface area contributed by atoms with Crippen molar-refractivity contribution in [2.24, 2.45) is 0 Å². The van der Waals surface area contributed by atoms with Crippen molar-refractivity contribution < 1.29 is 14.7 Å². The Balaban J connectivity index is 3.77. The second-order valence-corrected chi connectivity index (χ2v) is 2.16. The van der Waals surface area contributed by atoms with E-state index >= 15 is 0 Å². The molecular formula is C7H10NO3-. The van der Waals surface area contributed by atoms with Crippen LogP contribution in [0.4, 0.5) is 0 Å². The molecule has 0 aromatic carbocycles. The van der Waals surface area contributed by atoms with Crippen molar-refractivity contribution in [3.8, 4) is 0 Å². The first-order valence-electron chi connectivity index (χ1n) is 3.15. The summed E-state index contributed by atoms with van der Waals surface area (Å²) >= 11 is 0. The molecule has 0 saturated heterocycles. The van der Waals surface area contributed by atoms with Crippen molar-refractivity contribution in [2.45, 2.75) is 13.8 Å². The summed E-state index contributed by atoms with van der Waals surface area (Å²) < 4.78 is 0. The van der Waals surface area contributed by atoms with E-state index in [0.717, 1.165) is 0 Å². The molecule has 4 nitrogen and oxygen atoms in total. The summed E-state index contributed by atoms with van der Waals surface area (Å²) in [5, 5.41) is 12.4. The van der Waals surface area contributed by atoms with Crippen LogP contribution in [0.2, 0.25) is 0 Å². The van der Waals surface area contributed by atoms with E-state index in [1.165, 1.54) is 13.0 Å². The first-order valence-corrected chi connectivity index (χ1v) is 3.15. The standard InChI is InChI=1S/C7H11NO3/c1-5(3-6(2)9)8-4-7(10)11/h3,8H,4H2,1-2H3,(H,10,11)/p-1. The van der Waals surface area contributed by atoms with Gasteiger partial charge in [0.05, 0.1) is 12.5 Å². The summed E-state index contributed by atoms with van der Waals surface area (Å²) in [7, 11) is 0. The molecule has 0 radical (unpaired) electrons. The molecule has 0 bridgehead atoms. The Labute approximate surface area is 64.9 Å². The molecule has 1 N–H and O–H groups in total. The zero-order chi connectivity index (χ0) is 8.85. The topological polar surface area (TPSA) is 69.2 Å². The summed E-state index contributed by atoms with van der Waals surface area (Å²) in [4.78, 5) is 20.3. The van der Waals surface area contributed by atoms with Gasteiger partial charge in [-0.25, -0.2) is 0 Å². The van der Waals surface area contributed by atoms with Gasteiger partial charge in [-0.3, -0.25) is 4.79 Å². The van der Waals surface area contributed by atoms with Gasteiger partial charge in [0.15, 0.2) is 5.78 Å². The molecular weight excluding hydrogens is 146 g/mol. The van der Waals surface area contributed by atoms with Gasteiger partial charge in [0.25, 0.3) is 0 Å². The summed E-state index contributed by atoms with van der Waals surface area (Å²) in [5.41, 5.74) is 0.529. The van der Waals surface area contributed by atoms with Crippen LogP contribution in [-0.4, -0.2) is 18.3 Å². The SMILES string of the molecule is CC(=O)C=C(C)NCC(=O)[O-]. The highest BCUT2D eigenvalue weighted by Crippen LogP contribution is 1.85. The average Bonchev–Trinajstić information content (AvgIpc) is 1.82. The van der Waals surface area contributed by atoms with Gasteiger partial charge in [0, 0.05) is 5.70 Å². The van der Waals surface area contributed by atoms with Gasteiger partial charge in [0.2, 0.25) is 0 Å². The van der Waals surface area contributed by atoms with E-state index < -0.39 is 5.97 Å². The Bertz CT molecular complexity index is 196. The summed E-state index contributed by atoms with van der Waals surface area (Å²) in [6, 6.07) is 0. The van der Waals surface area contributed by atoms with Crippen LogP contribution < -0.4 is 10.4 Å². The minimum atomic E-state index is -1.19. The molecule has 0 aliphatic heterocycles. The predicted octanol–water partition coefficient (Wildman–Crippen LogP) is -1.18. The fraction of sp³-hybridized carbons (Fsp3) is 0.429. The molecule has 4 heteroatoms. The Morgan fingerprint density at radius 2 is 2.00 bits per heavy atom. The Kier molecular flexibility index (Phi) is 3.95. The van der Waals surface area contributed by atoms with Crippen molar-refractivity contribution in [1.82, 2.24) is 5.32 Å². The van der Waals surface area contributed by atoms with Crippen LogP contribution in [0.3, 0.4) is 0 Å². The van der Waals surface area contributed by atoms with Crippen LogP contribution in [-0.2, 0) is 9.59 Å². The number of carbonyl (C=O) groups excluding carboxylic acids is 2. The fourth-order valence-electron chi connectivity index (χ4n) is 0.568. The zero-order valence-corrected chi connectivity index (χ0v) is 6.51. The van der Waals surface area contributed by atoms with E-state index in [2.05, 4.69) is 5.32 Å². The number of carbonyl (C=O) groups is 2. The monoisotopic (exact) mass is 156 g/mol. The number of rotatable bonds is 4. The van der Waals surface area contributed by atoms with E-state index in [-0.39, 0.29) is 12.3 Å². The molecule has 0 saturated carbocycles. The van der Waals surface area contributed by atoms with Crippen LogP contribution in [0.25, 0.3) is 0 Å². The van der Waals surface area contributed by atoms with Crippen molar-refractivity contribution >= 4 is 11.8 Å². The van der Waals surface area contributed by atoms with Gasteiger partial charge < -0.3 is 15.2 Å². The molecule has 0 aromatic rings. The number of aliphatic carboxylic acids is 1. The first kappa shape index (κ1) is 9.68. The Hall–Kier alpha value is -1.32. The fourth-order valence-corrected chi connectivity index (χ4v) is 0.568. The van der Waals surface area contributed by atoms with E-state index in [9.17, 15) is 14.7 Å². The number of carboxylic acids is 1. The smallest absolute Gasteiger partial charge is 0.154 e. The van der Waals surface area contributed by atoms with E-state index in [0.29, 0.717) is 5.70 Å². The molecule has 0 spiro atoms. The zero-order valence-electron chi connectivity index (χ0n) is 6.51. The molecule has 0 aromatic heterocycles. The molecule has 0 aliphatic rings. The maximum atomic E-state index is 10.4.